The van der Waals surface area contributed by atoms with Crippen LogP contribution in [0.1, 0.15) is 0 Å². The van der Waals surface area contributed by atoms with Crippen LogP contribution in [0.5, 0.6) is 0 Å². The van der Waals surface area contributed by atoms with Gasteiger partial charge in [0.15, 0.2) is 5.58 Å². The van der Waals surface area contributed by atoms with Crippen molar-refractivity contribution in [3.63, 3.8) is 0 Å². The SMILES string of the molecule is c1ccc(-c2nc3c(ccc4cc(N(c5ccc6c(c5)sc5ccccc56)c5ccccc5-c5ccccc5)ccc43)o2)cc1. The number of para-hydroxylation sites is 1. The van der Waals surface area contributed by atoms with E-state index in [0.29, 0.717) is 5.89 Å². The first kappa shape index (κ1) is 25.8. The summed E-state index contributed by atoms with van der Waals surface area (Å²) in [6, 6.07) is 55.7. The van der Waals surface area contributed by atoms with E-state index in [1.165, 1.54) is 31.3 Å². The lowest BCUT2D eigenvalue weighted by molar-refractivity contribution is 0.620. The third-order valence-electron chi connectivity index (χ3n) is 8.49. The van der Waals surface area contributed by atoms with E-state index < -0.39 is 0 Å². The maximum Gasteiger partial charge on any atom is 0.227 e. The number of nitrogens with zero attached hydrogens (tertiary/aromatic N) is 2. The van der Waals surface area contributed by atoms with Gasteiger partial charge in [-0.3, -0.25) is 0 Å². The minimum absolute atomic E-state index is 0.636. The molecule has 0 saturated carbocycles. The summed E-state index contributed by atoms with van der Waals surface area (Å²) in [7, 11) is 0. The molecule has 0 spiro atoms. The van der Waals surface area contributed by atoms with Gasteiger partial charge in [-0.25, -0.2) is 4.98 Å². The van der Waals surface area contributed by atoms with Crippen molar-refractivity contribution >= 4 is 70.4 Å². The molecule has 2 heterocycles. The molecule has 0 N–H and O–H groups in total. The summed E-state index contributed by atoms with van der Waals surface area (Å²) in [5, 5.41) is 4.77. The standard InChI is InChI=1S/C41H26N2OS/c1-3-11-27(12-4-1)32-15-7-9-17-36(32)43(31-21-23-35-34-16-8-10-18-38(34)45-39(35)26-31)30-20-22-33-29(25-30)19-24-37-40(33)42-41(44-37)28-13-5-2-6-14-28/h1-26H. The predicted octanol–water partition coefficient (Wildman–Crippen LogP) is 12.2. The van der Waals surface area contributed by atoms with Gasteiger partial charge in [-0.2, -0.15) is 0 Å². The van der Waals surface area contributed by atoms with E-state index >= 15 is 0 Å². The number of aromatic nitrogens is 1. The van der Waals surface area contributed by atoms with Crippen molar-refractivity contribution in [2.45, 2.75) is 0 Å². The molecule has 4 heteroatoms. The fraction of sp³-hybridized carbons (Fsp3) is 0. The van der Waals surface area contributed by atoms with Crippen LogP contribution in [0.3, 0.4) is 0 Å². The lowest BCUT2D eigenvalue weighted by Crippen LogP contribution is -2.11. The Morgan fingerprint density at radius 2 is 1.18 bits per heavy atom. The van der Waals surface area contributed by atoms with Crippen LogP contribution >= 0.6 is 11.3 Å². The molecule has 0 radical (unpaired) electrons. The van der Waals surface area contributed by atoms with Crippen LogP contribution in [0, 0.1) is 0 Å². The molecule has 2 aromatic heterocycles. The van der Waals surface area contributed by atoms with Gasteiger partial charge < -0.3 is 9.32 Å². The Hall–Kier alpha value is -5.71. The summed E-state index contributed by atoms with van der Waals surface area (Å²) in [5.74, 6) is 0.636. The fourth-order valence-electron chi connectivity index (χ4n) is 6.36. The summed E-state index contributed by atoms with van der Waals surface area (Å²) in [6.07, 6.45) is 0. The molecular formula is C41H26N2OS. The number of oxazole rings is 1. The van der Waals surface area contributed by atoms with Crippen LogP contribution in [0.4, 0.5) is 17.1 Å². The van der Waals surface area contributed by atoms with E-state index in [1.807, 2.05) is 47.7 Å². The van der Waals surface area contributed by atoms with Gasteiger partial charge in [-0.15, -0.1) is 11.3 Å². The largest absolute Gasteiger partial charge is 0.436 e. The molecule has 0 bridgehead atoms. The van der Waals surface area contributed by atoms with Gasteiger partial charge in [-0.1, -0.05) is 97.1 Å². The normalized spacial score (nSPS) is 11.6. The minimum Gasteiger partial charge on any atom is -0.436 e. The van der Waals surface area contributed by atoms with E-state index in [-0.39, 0.29) is 0 Å². The Kier molecular flexibility index (Phi) is 6.00. The molecule has 0 aliphatic carbocycles. The fourth-order valence-corrected chi connectivity index (χ4v) is 7.50. The van der Waals surface area contributed by atoms with Crippen molar-refractivity contribution in [2.24, 2.45) is 0 Å². The highest BCUT2D eigenvalue weighted by molar-refractivity contribution is 7.25. The van der Waals surface area contributed by atoms with Crippen molar-refractivity contribution in [1.82, 2.24) is 4.98 Å². The highest BCUT2D eigenvalue weighted by Gasteiger charge is 2.19. The van der Waals surface area contributed by atoms with Crippen molar-refractivity contribution in [3.8, 4) is 22.6 Å². The lowest BCUT2D eigenvalue weighted by atomic mass is 10.0. The second-order valence-corrected chi connectivity index (χ2v) is 12.3. The van der Waals surface area contributed by atoms with Crippen molar-refractivity contribution in [1.29, 1.82) is 0 Å². The first-order valence-corrected chi connectivity index (χ1v) is 15.9. The van der Waals surface area contributed by atoms with Gasteiger partial charge in [0, 0.05) is 48.1 Å². The summed E-state index contributed by atoms with van der Waals surface area (Å²) in [4.78, 5) is 7.31. The zero-order chi connectivity index (χ0) is 29.7. The van der Waals surface area contributed by atoms with Crippen LogP contribution in [0.15, 0.2) is 162 Å². The van der Waals surface area contributed by atoms with Gasteiger partial charge in [0.05, 0.1) is 5.69 Å². The molecule has 212 valence electrons. The zero-order valence-electron chi connectivity index (χ0n) is 24.2. The summed E-state index contributed by atoms with van der Waals surface area (Å²) >= 11 is 1.84. The summed E-state index contributed by atoms with van der Waals surface area (Å²) < 4.78 is 8.77. The number of hydrogen-bond donors (Lipinski definition) is 0. The average Bonchev–Trinajstić information content (AvgIpc) is 3.71. The summed E-state index contributed by atoms with van der Waals surface area (Å²) in [5.41, 5.74) is 8.31. The van der Waals surface area contributed by atoms with E-state index in [0.717, 1.165) is 44.5 Å². The van der Waals surface area contributed by atoms with Gasteiger partial charge in [-0.05, 0) is 71.6 Å². The molecular weight excluding hydrogens is 569 g/mol. The summed E-state index contributed by atoms with van der Waals surface area (Å²) in [6.45, 7) is 0. The van der Waals surface area contributed by atoms with Crippen LogP contribution < -0.4 is 4.90 Å². The van der Waals surface area contributed by atoms with E-state index in [2.05, 4.69) is 126 Å². The highest BCUT2D eigenvalue weighted by Crippen LogP contribution is 2.44. The minimum atomic E-state index is 0.636. The molecule has 3 nitrogen and oxygen atoms in total. The van der Waals surface area contributed by atoms with Crippen molar-refractivity contribution in [3.05, 3.63) is 158 Å². The Morgan fingerprint density at radius 3 is 2.02 bits per heavy atom. The van der Waals surface area contributed by atoms with Gasteiger partial charge in [0.1, 0.15) is 5.52 Å². The second-order valence-electron chi connectivity index (χ2n) is 11.2. The third-order valence-corrected chi connectivity index (χ3v) is 9.62. The number of benzene rings is 7. The molecule has 0 atom stereocenters. The Morgan fingerprint density at radius 1 is 0.511 bits per heavy atom. The molecule has 9 rings (SSSR count). The van der Waals surface area contributed by atoms with Crippen LogP contribution in [0.2, 0.25) is 0 Å². The lowest BCUT2D eigenvalue weighted by Gasteiger charge is -2.28. The van der Waals surface area contributed by atoms with Gasteiger partial charge in [0.25, 0.3) is 0 Å². The van der Waals surface area contributed by atoms with Crippen LogP contribution in [0.25, 0.3) is 64.6 Å². The first-order chi connectivity index (χ1) is 22.3. The second kappa shape index (κ2) is 10.5. The first-order valence-electron chi connectivity index (χ1n) is 15.0. The van der Waals surface area contributed by atoms with Crippen molar-refractivity contribution in [2.75, 3.05) is 4.90 Å². The zero-order valence-corrected chi connectivity index (χ0v) is 25.0. The van der Waals surface area contributed by atoms with E-state index in [4.69, 9.17) is 9.40 Å². The maximum atomic E-state index is 6.19. The number of hydrogen-bond acceptors (Lipinski definition) is 4. The Bertz CT molecular complexity index is 2500. The highest BCUT2D eigenvalue weighted by atomic mass is 32.1. The van der Waals surface area contributed by atoms with E-state index in [9.17, 15) is 0 Å². The molecule has 0 unspecified atom stereocenters. The topological polar surface area (TPSA) is 29.3 Å². The average molecular weight is 595 g/mol. The number of anilines is 3. The third kappa shape index (κ3) is 4.38. The maximum absolute atomic E-state index is 6.19. The quantitative estimate of drug-likeness (QED) is 0.198. The van der Waals surface area contributed by atoms with Crippen LogP contribution in [-0.4, -0.2) is 4.98 Å². The molecule has 7 aromatic carbocycles. The predicted molar refractivity (Wildman–Crippen MR) is 190 cm³/mol. The number of thiophene rings is 1. The van der Waals surface area contributed by atoms with Crippen LogP contribution in [-0.2, 0) is 0 Å². The molecule has 0 aliphatic heterocycles. The molecule has 0 saturated heterocycles. The number of fused-ring (bicyclic) bond motifs is 6. The smallest absolute Gasteiger partial charge is 0.227 e. The Labute approximate surface area is 264 Å². The molecule has 0 aliphatic rings. The monoisotopic (exact) mass is 594 g/mol. The van der Waals surface area contributed by atoms with Gasteiger partial charge in [0.2, 0.25) is 5.89 Å². The molecule has 9 aromatic rings. The molecule has 0 fully saturated rings. The van der Waals surface area contributed by atoms with Crippen molar-refractivity contribution < 1.29 is 4.42 Å². The Balaban J connectivity index is 1.25. The molecule has 45 heavy (non-hydrogen) atoms. The molecule has 0 amide bonds. The van der Waals surface area contributed by atoms with Gasteiger partial charge >= 0.3 is 0 Å². The number of rotatable bonds is 5. The van der Waals surface area contributed by atoms with E-state index in [1.54, 1.807) is 0 Å².